The summed E-state index contributed by atoms with van der Waals surface area (Å²) in [5, 5.41) is 13.8. The Morgan fingerprint density at radius 1 is 1.15 bits per heavy atom. The van der Waals surface area contributed by atoms with Gasteiger partial charge in [-0.1, -0.05) is 57.0 Å². The van der Waals surface area contributed by atoms with Crippen LogP contribution in [0, 0.1) is 11.8 Å². The second-order valence-electron chi connectivity index (χ2n) is 6.61. The molecule has 0 amide bonds. The third-order valence-corrected chi connectivity index (χ3v) is 4.40. The molecular weight excluding hydrogens is 246 g/mol. The first-order valence-corrected chi connectivity index (χ1v) is 8.13. The van der Waals surface area contributed by atoms with E-state index in [2.05, 4.69) is 49.5 Å². The molecule has 1 aromatic carbocycles. The molecule has 0 aliphatic heterocycles. The Labute approximate surface area is 123 Å². The molecule has 0 spiro atoms. The summed E-state index contributed by atoms with van der Waals surface area (Å²) in [5.41, 5.74) is 1.37. The van der Waals surface area contributed by atoms with Crippen molar-refractivity contribution in [3.63, 3.8) is 0 Å². The lowest BCUT2D eigenvalue weighted by atomic mass is 9.86. The van der Waals surface area contributed by atoms with Crippen LogP contribution in [-0.4, -0.2) is 17.8 Å². The molecule has 2 nitrogen and oxygen atoms in total. The molecule has 3 atom stereocenters. The molecule has 0 radical (unpaired) electrons. The molecule has 1 aliphatic rings. The molecule has 1 aliphatic carbocycles. The molecule has 0 saturated heterocycles. The molecule has 1 saturated carbocycles. The van der Waals surface area contributed by atoms with E-state index >= 15 is 0 Å². The first kappa shape index (κ1) is 15.5. The van der Waals surface area contributed by atoms with Crippen molar-refractivity contribution in [1.29, 1.82) is 0 Å². The first-order chi connectivity index (χ1) is 9.66. The average Bonchev–Trinajstić information content (AvgIpc) is 2.45. The predicted molar refractivity (Wildman–Crippen MR) is 84.6 cm³/mol. The Hall–Kier alpha value is -0.860. The lowest BCUT2D eigenvalue weighted by Crippen LogP contribution is -2.36. The molecular formula is C18H29NO. The van der Waals surface area contributed by atoms with Gasteiger partial charge in [0.15, 0.2) is 0 Å². The van der Waals surface area contributed by atoms with E-state index in [1.807, 2.05) is 0 Å². The summed E-state index contributed by atoms with van der Waals surface area (Å²) in [6.45, 7) is 5.48. The van der Waals surface area contributed by atoms with Gasteiger partial charge < -0.3 is 10.4 Å². The predicted octanol–water partition coefficient (Wildman–Crippen LogP) is 3.91. The zero-order valence-electron chi connectivity index (χ0n) is 12.9. The van der Waals surface area contributed by atoms with Gasteiger partial charge >= 0.3 is 0 Å². The summed E-state index contributed by atoms with van der Waals surface area (Å²) in [7, 11) is 0. The lowest BCUT2D eigenvalue weighted by molar-refractivity contribution is 0.0676. The van der Waals surface area contributed by atoms with Crippen molar-refractivity contribution in [3.8, 4) is 0 Å². The van der Waals surface area contributed by atoms with Crippen LogP contribution in [0.3, 0.4) is 0 Å². The minimum Gasteiger partial charge on any atom is -0.393 e. The lowest BCUT2D eigenvalue weighted by Gasteiger charge is -2.30. The van der Waals surface area contributed by atoms with Gasteiger partial charge in [0.25, 0.3) is 0 Å². The van der Waals surface area contributed by atoms with Gasteiger partial charge in [-0.15, -0.1) is 0 Å². The minimum absolute atomic E-state index is 0.105. The maximum atomic E-state index is 10.1. The van der Waals surface area contributed by atoms with Crippen molar-refractivity contribution >= 4 is 0 Å². The van der Waals surface area contributed by atoms with Gasteiger partial charge in [0.05, 0.1) is 6.10 Å². The first-order valence-electron chi connectivity index (χ1n) is 8.13. The summed E-state index contributed by atoms with van der Waals surface area (Å²) >= 11 is 0. The fourth-order valence-electron chi connectivity index (χ4n) is 3.21. The van der Waals surface area contributed by atoms with E-state index in [1.54, 1.807) is 0 Å². The molecule has 1 aromatic rings. The highest BCUT2D eigenvalue weighted by Gasteiger charge is 2.24. The van der Waals surface area contributed by atoms with E-state index in [4.69, 9.17) is 0 Å². The van der Waals surface area contributed by atoms with Crippen LogP contribution in [0.5, 0.6) is 0 Å². The smallest absolute Gasteiger partial charge is 0.0580 e. The van der Waals surface area contributed by atoms with Crippen molar-refractivity contribution in [2.24, 2.45) is 11.8 Å². The average molecular weight is 275 g/mol. The standard InChI is InChI=1S/C18H29NO/c1-14(2)12-17(15-8-4-3-5-9-15)19-13-16-10-6-7-11-18(16)20/h3-5,8-9,14,16-20H,6-7,10-13H2,1-2H3. The van der Waals surface area contributed by atoms with Gasteiger partial charge in [-0.05, 0) is 36.7 Å². The monoisotopic (exact) mass is 275 g/mol. The van der Waals surface area contributed by atoms with Crippen LogP contribution in [0.15, 0.2) is 30.3 Å². The fraction of sp³-hybridized carbons (Fsp3) is 0.667. The van der Waals surface area contributed by atoms with Crippen LogP contribution >= 0.6 is 0 Å². The summed E-state index contributed by atoms with van der Waals surface area (Å²) in [6, 6.07) is 11.1. The van der Waals surface area contributed by atoms with Crippen molar-refractivity contribution in [2.75, 3.05) is 6.54 Å². The van der Waals surface area contributed by atoms with E-state index in [9.17, 15) is 5.11 Å². The van der Waals surface area contributed by atoms with Crippen molar-refractivity contribution in [3.05, 3.63) is 35.9 Å². The zero-order valence-corrected chi connectivity index (χ0v) is 12.9. The highest BCUT2D eigenvalue weighted by molar-refractivity contribution is 5.18. The summed E-state index contributed by atoms with van der Waals surface area (Å²) in [6.07, 6.45) is 5.64. The minimum atomic E-state index is -0.105. The van der Waals surface area contributed by atoms with Crippen molar-refractivity contribution in [1.82, 2.24) is 5.32 Å². The molecule has 2 heteroatoms. The number of benzene rings is 1. The quantitative estimate of drug-likeness (QED) is 0.825. The topological polar surface area (TPSA) is 32.3 Å². The number of hydrogen-bond acceptors (Lipinski definition) is 2. The highest BCUT2D eigenvalue weighted by Crippen LogP contribution is 2.26. The number of aliphatic hydroxyl groups is 1. The van der Waals surface area contributed by atoms with Crippen LogP contribution in [0.2, 0.25) is 0 Å². The van der Waals surface area contributed by atoms with Gasteiger partial charge in [-0.2, -0.15) is 0 Å². The Morgan fingerprint density at radius 2 is 1.85 bits per heavy atom. The molecule has 1 fully saturated rings. The van der Waals surface area contributed by atoms with Gasteiger partial charge in [0.1, 0.15) is 0 Å². The number of aliphatic hydroxyl groups excluding tert-OH is 1. The SMILES string of the molecule is CC(C)CC(NCC1CCCCC1O)c1ccccc1. The van der Waals surface area contributed by atoms with Gasteiger partial charge in [0, 0.05) is 12.6 Å². The van der Waals surface area contributed by atoms with E-state index in [-0.39, 0.29) is 6.10 Å². The number of rotatable bonds is 6. The largest absolute Gasteiger partial charge is 0.393 e. The summed E-state index contributed by atoms with van der Waals surface area (Å²) in [5.74, 6) is 1.10. The molecule has 0 heterocycles. The van der Waals surface area contributed by atoms with E-state index in [0.717, 1.165) is 25.8 Å². The van der Waals surface area contributed by atoms with Crippen molar-refractivity contribution in [2.45, 2.75) is 58.1 Å². The molecule has 3 unspecified atom stereocenters. The third kappa shape index (κ3) is 4.60. The summed E-state index contributed by atoms with van der Waals surface area (Å²) in [4.78, 5) is 0. The number of nitrogens with one attached hydrogen (secondary N) is 1. The van der Waals surface area contributed by atoms with Crippen LogP contribution in [-0.2, 0) is 0 Å². The molecule has 0 bridgehead atoms. The van der Waals surface area contributed by atoms with Crippen LogP contribution in [0.4, 0.5) is 0 Å². The normalized spacial score (nSPS) is 24.8. The second kappa shape index (κ2) is 7.80. The second-order valence-corrected chi connectivity index (χ2v) is 6.61. The Balaban J connectivity index is 1.94. The van der Waals surface area contributed by atoms with Gasteiger partial charge in [0.2, 0.25) is 0 Å². The maximum absolute atomic E-state index is 10.1. The van der Waals surface area contributed by atoms with Crippen LogP contribution in [0.1, 0.15) is 57.6 Å². The Kier molecular flexibility index (Phi) is 6.06. The molecule has 2 rings (SSSR count). The van der Waals surface area contributed by atoms with Crippen LogP contribution < -0.4 is 5.32 Å². The van der Waals surface area contributed by atoms with Crippen molar-refractivity contribution < 1.29 is 5.11 Å². The Bertz CT molecular complexity index is 376. The van der Waals surface area contributed by atoms with E-state index in [0.29, 0.717) is 17.9 Å². The van der Waals surface area contributed by atoms with Crippen LogP contribution in [0.25, 0.3) is 0 Å². The highest BCUT2D eigenvalue weighted by atomic mass is 16.3. The summed E-state index contributed by atoms with van der Waals surface area (Å²) < 4.78 is 0. The van der Waals surface area contributed by atoms with E-state index < -0.39 is 0 Å². The molecule has 20 heavy (non-hydrogen) atoms. The van der Waals surface area contributed by atoms with Gasteiger partial charge in [-0.3, -0.25) is 0 Å². The molecule has 112 valence electrons. The zero-order chi connectivity index (χ0) is 14.4. The number of hydrogen-bond donors (Lipinski definition) is 2. The maximum Gasteiger partial charge on any atom is 0.0580 e. The van der Waals surface area contributed by atoms with Gasteiger partial charge in [-0.25, -0.2) is 0 Å². The van der Waals surface area contributed by atoms with E-state index in [1.165, 1.54) is 18.4 Å². The fourth-order valence-corrected chi connectivity index (χ4v) is 3.21. The Morgan fingerprint density at radius 3 is 2.50 bits per heavy atom. The third-order valence-electron chi connectivity index (χ3n) is 4.40. The molecule has 2 N–H and O–H groups in total. The molecule has 0 aromatic heterocycles.